The SMILES string of the molecule is NC(=O)C(N)CC12CC(CO1)C2. The molecule has 0 aromatic carbocycles. The van der Waals surface area contributed by atoms with E-state index in [0.717, 1.165) is 19.4 Å². The van der Waals surface area contributed by atoms with Crippen LogP contribution >= 0.6 is 0 Å². The third kappa shape index (κ3) is 1.11. The Balaban J connectivity index is 1.91. The van der Waals surface area contributed by atoms with E-state index >= 15 is 0 Å². The van der Waals surface area contributed by atoms with Gasteiger partial charge in [0.1, 0.15) is 0 Å². The predicted octanol–water partition coefficient (Wildman–Crippen LogP) is -0.632. The fraction of sp³-hybridized carbons (Fsp3) is 0.875. The lowest BCUT2D eigenvalue weighted by Crippen LogP contribution is -2.47. The van der Waals surface area contributed by atoms with Crippen molar-refractivity contribution in [3.05, 3.63) is 0 Å². The summed E-state index contributed by atoms with van der Waals surface area (Å²) in [5.74, 6) is 0.286. The van der Waals surface area contributed by atoms with Gasteiger partial charge in [-0.1, -0.05) is 0 Å². The van der Waals surface area contributed by atoms with Crippen LogP contribution in [0.2, 0.25) is 0 Å². The third-order valence-electron chi connectivity index (χ3n) is 2.90. The van der Waals surface area contributed by atoms with Crippen molar-refractivity contribution in [2.75, 3.05) is 6.61 Å². The molecule has 0 spiro atoms. The van der Waals surface area contributed by atoms with Gasteiger partial charge < -0.3 is 16.2 Å². The minimum atomic E-state index is -0.538. The number of primary amides is 1. The minimum Gasteiger partial charge on any atom is -0.375 e. The highest BCUT2D eigenvalue weighted by molar-refractivity contribution is 5.79. The van der Waals surface area contributed by atoms with E-state index in [-0.39, 0.29) is 5.60 Å². The van der Waals surface area contributed by atoms with Crippen molar-refractivity contribution < 1.29 is 9.53 Å². The van der Waals surface area contributed by atoms with E-state index in [1.165, 1.54) is 0 Å². The van der Waals surface area contributed by atoms with Crippen molar-refractivity contribution in [3.63, 3.8) is 0 Å². The number of hydrogen-bond donors (Lipinski definition) is 2. The standard InChI is InChI=1S/C8H14N2O2/c9-6(7(10)11)3-8-1-5(2-8)4-12-8/h5-6H,1-4,9H2,(H2,10,11). The lowest BCUT2D eigenvalue weighted by atomic mass is 9.71. The summed E-state index contributed by atoms with van der Waals surface area (Å²) in [6.45, 7) is 0.839. The van der Waals surface area contributed by atoms with E-state index in [0.29, 0.717) is 12.3 Å². The molecule has 0 radical (unpaired) electrons. The van der Waals surface area contributed by atoms with Gasteiger partial charge >= 0.3 is 0 Å². The molecular weight excluding hydrogens is 156 g/mol. The summed E-state index contributed by atoms with van der Waals surface area (Å²) in [5.41, 5.74) is 10.5. The first-order valence-electron chi connectivity index (χ1n) is 4.30. The molecular formula is C8H14N2O2. The van der Waals surface area contributed by atoms with E-state index in [1.54, 1.807) is 0 Å². The second-order valence-electron chi connectivity index (χ2n) is 3.98. The average Bonchev–Trinajstić information content (AvgIpc) is 2.44. The molecule has 2 saturated heterocycles. The van der Waals surface area contributed by atoms with Gasteiger partial charge in [0.15, 0.2) is 0 Å². The molecule has 4 nitrogen and oxygen atoms in total. The van der Waals surface area contributed by atoms with E-state index < -0.39 is 11.9 Å². The molecule has 4 heteroatoms. The topological polar surface area (TPSA) is 78.3 Å². The number of fused-ring (bicyclic) bond motifs is 1. The molecule has 1 saturated carbocycles. The summed E-state index contributed by atoms with van der Waals surface area (Å²) in [4.78, 5) is 10.7. The van der Waals surface area contributed by atoms with Crippen molar-refractivity contribution in [1.29, 1.82) is 0 Å². The Labute approximate surface area is 71.2 Å². The summed E-state index contributed by atoms with van der Waals surface area (Å²) in [7, 11) is 0. The summed E-state index contributed by atoms with van der Waals surface area (Å²) in [6.07, 6.45) is 2.72. The van der Waals surface area contributed by atoms with Gasteiger partial charge in [-0.15, -0.1) is 0 Å². The van der Waals surface area contributed by atoms with Gasteiger partial charge in [-0.2, -0.15) is 0 Å². The fourth-order valence-electron chi connectivity index (χ4n) is 2.25. The van der Waals surface area contributed by atoms with Crippen LogP contribution in [-0.4, -0.2) is 24.2 Å². The maximum atomic E-state index is 10.7. The van der Waals surface area contributed by atoms with Crippen LogP contribution in [0.1, 0.15) is 19.3 Å². The molecule has 4 N–H and O–H groups in total. The zero-order valence-corrected chi connectivity index (χ0v) is 6.95. The molecule has 3 rings (SSSR count). The first-order chi connectivity index (χ1) is 5.61. The Hall–Kier alpha value is -0.610. The normalized spacial score (nSPS) is 40.6. The zero-order valence-electron chi connectivity index (χ0n) is 6.95. The first-order valence-corrected chi connectivity index (χ1v) is 4.30. The Morgan fingerprint density at radius 3 is 2.75 bits per heavy atom. The predicted molar refractivity (Wildman–Crippen MR) is 43.2 cm³/mol. The second-order valence-corrected chi connectivity index (χ2v) is 3.98. The van der Waals surface area contributed by atoms with Gasteiger partial charge in [0, 0.05) is 6.42 Å². The molecule has 0 aromatic rings. The van der Waals surface area contributed by atoms with E-state index in [9.17, 15) is 4.79 Å². The van der Waals surface area contributed by atoms with Crippen LogP contribution in [0.15, 0.2) is 0 Å². The molecule has 68 valence electrons. The number of rotatable bonds is 3. The average molecular weight is 170 g/mol. The molecule has 1 atom stereocenters. The number of carbonyl (C=O) groups excluding carboxylic acids is 1. The lowest BCUT2D eigenvalue weighted by molar-refractivity contribution is -0.121. The van der Waals surface area contributed by atoms with Crippen LogP contribution < -0.4 is 11.5 Å². The molecule has 3 fully saturated rings. The van der Waals surface area contributed by atoms with Gasteiger partial charge in [-0.3, -0.25) is 4.79 Å². The molecule has 2 aliphatic heterocycles. The maximum absolute atomic E-state index is 10.7. The van der Waals surface area contributed by atoms with Crippen LogP contribution in [-0.2, 0) is 9.53 Å². The van der Waals surface area contributed by atoms with Crippen molar-refractivity contribution >= 4 is 5.91 Å². The largest absolute Gasteiger partial charge is 0.375 e. The van der Waals surface area contributed by atoms with Gasteiger partial charge in [-0.05, 0) is 18.8 Å². The summed E-state index contributed by atoms with van der Waals surface area (Å²) < 4.78 is 5.55. The molecule has 12 heavy (non-hydrogen) atoms. The zero-order chi connectivity index (χ0) is 8.77. The van der Waals surface area contributed by atoms with Gasteiger partial charge in [-0.25, -0.2) is 0 Å². The summed E-state index contributed by atoms with van der Waals surface area (Å²) in [6, 6.07) is -0.538. The molecule has 3 aliphatic rings. The van der Waals surface area contributed by atoms with Crippen molar-refractivity contribution in [2.45, 2.75) is 30.9 Å². The number of carbonyl (C=O) groups is 1. The van der Waals surface area contributed by atoms with Crippen LogP contribution in [0.3, 0.4) is 0 Å². The summed E-state index contributed by atoms with van der Waals surface area (Å²) >= 11 is 0. The molecule has 1 amide bonds. The van der Waals surface area contributed by atoms with Gasteiger partial charge in [0.25, 0.3) is 0 Å². The number of nitrogens with two attached hydrogens (primary N) is 2. The highest BCUT2D eigenvalue weighted by Gasteiger charge is 2.52. The molecule has 2 bridgehead atoms. The van der Waals surface area contributed by atoms with E-state index in [4.69, 9.17) is 16.2 Å². The van der Waals surface area contributed by atoms with Gasteiger partial charge in [0.05, 0.1) is 18.2 Å². The molecule has 1 aliphatic carbocycles. The van der Waals surface area contributed by atoms with Crippen molar-refractivity contribution in [3.8, 4) is 0 Å². The molecule has 2 heterocycles. The number of amides is 1. The van der Waals surface area contributed by atoms with Crippen molar-refractivity contribution in [2.24, 2.45) is 17.4 Å². The summed E-state index contributed by atoms with van der Waals surface area (Å²) in [5, 5.41) is 0. The highest BCUT2D eigenvalue weighted by Crippen LogP contribution is 2.50. The monoisotopic (exact) mass is 170 g/mol. The Bertz CT molecular complexity index is 206. The van der Waals surface area contributed by atoms with Gasteiger partial charge in [0.2, 0.25) is 5.91 Å². The Kier molecular flexibility index (Phi) is 1.63. The number of hydrogen-bond acceptors (Lipinski definition) is 3. The fourth-order valence-corrected chi connectivity index (χ4v) is 2.25. The van der Waals surface area contributed by atoms with Crippen LogP contribution in [0.4, 0.5) is 0 Å². The van der Waals surface area contributed by atoms with E-state index in [2.05, 4.69) is 0 Å². The maximum Gasteiger partial charge on any atom is 0.234 e. The third-order valence-corrected chi connectivity index (χ3v) is 2.90. The highest BCUT2D eigenvalue weighted by atomic mass is 16.5. The minimum absolute atomic E-state index is 0.0842. The van der Waals surface area contributed by atoms with Crippen LogP contribution in [0.5, 0.6) is 0 Å². The Morgan fingerprint density at radius 1 is 1.67 bits per heavy atom. The Morgan fingerprint density at radius 2 is 2.33 bits per heavy atom. The van der Waals surface area contributed by atoms with Crippen molar-refractivity contribution in [1.82, 2.24) is 0 Å². The molecule has 1 unspecified atom stereocenters. The van der Waals surface area contributed by atoms with Crippen LogP contribution in [0.25, 0.3) is 0 Å². The first kappa shape index (κ1) is 8.01. The molecule has 0 aromatic heterocycles. The smallest absolute Gasteiger partial charge is 0.234 e. The lowest BCUT2D eigenvalue weighted by Gasteiger charge is -2.37. The van der Waals surface area contributed by atoms with E-state index in [1.807, 2.05) is 0 Å². The van der Waals surface area contributed by atoms with Crippen LogP contribution in [0, 0.1) is 5.92 Å². The quantitative estimate of drug-likeness (QED) is 0.591. The number of ether oxygens (including phenoxy) is 1. The second kappa shape index (κ2) is 2.44.